The number of halogens is 4. The van der Waals surface area contributed by atoms with Crippen LogP contribution in [0.2, 0.25) is 0 Å². The highest BCUT2D eigenvalue weighted by Gasteiger charge is 2.26. The number of hydrogen-bond acceptors (Lipinski definition) is 6. The molecule has 5 rings (SSSR count). The first-order chi connectivity index (χ1) is 19.6. The van der Waals surface area contributed by atoms with Gasteiger partial charge in [-0.15, -0.1) is 0 Å². The van der Waals surface area contributed by atoms with Crippen LogP contribution in [0.1, 0.15) is 47.4 Å². The van der Waals surface area contributed by atoms with Crippen molar-refractivity contribution in [2.24, 2.45) is 0 Å². The minimum atomic E-state index is -1.92. The Morgan fingerprint density at radius 2 is 1.54 bits per heavy atom. The van der Waals surface area contributed by atoms with Gasteiger partial charge in [0.05, 0.1) is 23.2 Å². The number of fused-ring (bicyclic) bond motifs is 2. The van der Waals surface area contributed by atoms with Crippen LogP contribution in [0, 0.1) is 23.3 Å². The van der Waals surface area contributed by atoms with E-state index < -0.39 is 68.0 Å². The molecule has 0 atom stereocenters. The van der Waals surface area contributed by atoms with Gasteiger partial charge in [0, 0.05) is 37.4 Å². The number of carbonyl (C=O) groups excluding carboxylic acids is 2. The average molecular weight is 573 g/mol. The number of ether oxygens (including phenoxy) is 1. The van der Waals surface area contributed by atoms with E-state index in [1.165, 1.54) is 13.1 Å². The van der Waals surface area contributed by atoms with E-state index in [0.717, 1.165) is 18.9 Å². The lowest BCUT2D eigenvalue weighted by Gasteiger charge is -2.20. The first kappa shape index (κ1) is 27.9. The second-order valence-electron chi connectivity index (χ2n) is 9.46. The molecule has 1 amide bonds. The lowest BCUT2D eigenvalue weighted by Crippen LogP contribution is -2.32. The second-order valence-corrected chi connectivity index (χ2v) is 9.46. The molecule has 13 heteroatoms. The van der Waals surface area contributed by atoms with Gasteiger partial charge in [-0.3, -0.25) is 24.5 Å². The minimum Gasteiger partial charge on any atom is -0.462 e. The number of aryl methyl sites for hydroxylation is 1. The van der Waals surface area contributed by atoms with Crippen molar-refractivity contribution in [2.75, 3.05) is 30.0 Å². The summed E-state index contributed by atoms with van der Waals surface area (Å²) in [6.45, 7) is 4.69. The molecular weight excluding hydrogens is 548 g/mol. The van der Waals surface area contributed by atoms with Crippen LogP contribution in [0.4, 0.5) is 23.2 Å². The maximum Gasteiger partial charge on any atom is 0.343 e. The normalized spacial score (nSPS) is 13.3. The Bertz CT molecular complexity index is 1860. The van der Waals surface area contributed by atoms with E-state index in [0.29, 0.717) is 41.2 Å². The van der Waals surface area contributed by atoms with E-state index in [1.54, 1.807) is 17.6 Å². The summed E-state index contributed by atoms with van der Waals surface area (Å²) in [5.74, 6) is -8.37. The van der Waals surface area contributed by atoms with Gasteiger partial charge in [0.15, 0.2) is 17.5 Å². The number of pyridine rings is 2. The zero-order valence-electron chi connectivity index (χ0n) is 22.0. The molecule has 0 spiro atoms. The standard InChI is InChI=1S/C28H24F4N4O5/c1-3-34-12-16(25(37)14-9-18(29)21(11-20(14)34)35-7-5-6-8-35)27(39)33-36-13-17(28(40)41-4-2)26(38)15-10-19(30)22(31)23(32)24(15)36/h9-13H,3-8H2,1-2H3,(H,33,39). The zero-order valence-corrected chi connectivity index (χ0v) is 22.0. The van der Waals surface area contributed by atoms with Crippen LogP contribution >= 0.6 is 0 Å². The van der Waals surface area contributed by atoms with Gasteiger partial charge in [0.2, 0.25) is 10.9 Å². The molecule has 3 heterocycles. The van der Waals surface area contributed by atoms with Crippen LogP contribution in [0.5, 0.6) is 0 Å². The highest BCUT2D eigenvalue weighted by molar-refractivity contribution is 6.03. The molecule has 1 aliphatic rings. The van der Waals surface area contributed by atoms with Crippen molar-refractivity contribution in [1.82, 2.24) is 9.24 Å². The van der Waals surface area contributed by atoms with Crippen LogP contribution in [0.25, 0.3) is 21.8 Å². The average Bonchev–Trinajstić information content (AvgIpc) is 3.48. The van der Waals surface area contributed by atoms with Gasteiger partial charge >= 0.3 is 5.97 Å². The summed E-state index contributed by atoms with van der Waals surface area (Å²) in [4.78, 5) is 53.9. The third-order valence-electron chi connectivity index (χ3n) is 7.02. The lowest BCUT2D eigenvalue weighted by atomic mass is 10.1. The number of anilines is 1. The van der Waals surface area contributed by atoms with E-state index in [4.69, 9.17) is 4.74 Å². The van der Waals surface area contributed by atoms with Crippen molar-refractivity contribution in [1.29, 1.82) is 0 Å². The smallest absolute Gasteiger partial charge is 0.343 e. The number of hydrogen-bond donors (Lipinski definition) is 1. The van der Waals surface area contributed by atoms with Gasteiger partial charge < -0.3 is 14.2 Å². The Hall–Kier alpha value is -4.68. The molecule has 214 valence electrons. The summed E-state index contributed by atoms with van der Waals surface area (Å²) >= 11 is 0. The van der Waals surface area contributed by atoms with Crippen LogP contribution < -0.4 is 21.2 Å². The Balaban J connectivity index is 1.67. The number of rotatable bonds is 6. The summed E-state index contributed by atoms with van der Waals surface area (Å²) in [6, 6.07) is 3.00. The Morgan fingerprint density at radius 3 is 2.20 bits per heavy atom. The number of carbonyl (C=O) groups is 2. The van der Waals surface area contributed by atoms with E-state index in [1.807, 2.05) is 4.90 Å². The molecule has 2 aromatic carbocycles. The van der Waals surface area contributed by atoms with E-state index >= 15 is 4.39 Å². The van der Waals surface area contributed by atoms with E-state index in [2.05, 4.69) is 5.43 Å². The summed E-state index contributed by atoms with van der Waals surface area (Å²) in [7, 11) is 0. The van der Waals surface area contributed by atoms with Gasteiger partial charge in [-0.2, -0.15) is 0 Å². The van der Waals surface area contributed by atoms with Crippen molar-refractivity contribution in [3.8, 4) is 0 Å². The Kier molecular flexibility index (Phi) is 7.28. The van der Waals surface area contributed by atoms with Crippen molar-refractivity contribution < 1.29 is 31.9 Å². The zero-order chi connectivity index (χ0) is 29.6. The van der Waals surface area contributed by atoms with Crippen LogP contribution in [-0.4, -0.2) is 40.8 Å². The quantitative estimate of drug-likeness (QED) is 0.213. The fourth-order valence-electron chi connectivity index (χ4n) is 5.03. The topological polar surface area (TPSA) is 103 Å². The molecule has 1 aliphatic heterocycles. The van der Waals surface area contributed by atoms with Crippen LogP contribution in [-0.2, 0) is 11.3 Å². The maximum atomic E-state index is 15.1. The molecule has 1 fully saturated rings. The van der Waals surface area contributed by atoms with Crippen molar-refractivity contribution in [2.45, 2.75) is 33.2 Å². The lowest BCUT2D eigenvalue weighted by molar-refractivity contribution is 0.0524. The molecule has 0 aliphatic carbocycles. The Morgan fingerprint density at radius 1 is 0.878 bits per heavy atom. The molecule has 2 aromatic heterocycles. The fraction of sp³-hybridized carbons (Fsp3) is 0.286. The number of nitrogens with zero attached hydrogens (tertiary/aromatic N) is 3. The molecule has 0 radical (unpaired) electrons. The molecular formula is C28H24F4N4O5. The van der Waals surface area contributed by atoms with E-state index in [9.17, 15) is 32.3 Å². The molecule has 9 nitrogen and oxygen atoms in total. The minimum absolute atomic E-state index is 0.0868. The van der Waals surface area contributed by atoms with Crippen molar-refractivity contribution in [3.05, 3.63) is 85.4 Å². The van der Waals surface area contributed by atoms with Gasteiger partial charge in [-0.1, -0.05) is 0 Å². The fourth-order valence-corrected chi connectivity index (χ4v) is 5.03. The summed E-state index contributed by atoms with van der Waals surface area (Å²) in [5.41, 5.74) is -1.18. The van der Waals surface area contributed by atoms with Gasteiger partial charge in [-0.25, -0.2) is 22.4 Å². The number of aromatic nitrogens is 2. The molecule has 1 saturated heterocycles. The monoisotopic (exact) mass is 572 g/mol. The van der Waals surface area contributed by atoms with E-state index in [-0.39, 0.29) is 18.5 Å². The molecule has 0 bridgehead atoms. The first-order valence-corrected chi connectivity index (χ1v) is 12.9. The Labute approximate surface area is 229 Å². The number of amides is 1. The second kappa shape index (κ2) is 10.7. The van der Waals surface area contributed by atoms with Crippen LogP contribution in [0.3, 0.4) is 0 Å². The van der Waals surface area contributed by atoms with Crippen molar-refractivity contribution in [3.63, 3.8) is 0 Å². The highest BCUT2D eigenvalue weighted by atomic mass is 19.2. The summed E-state index contributed by atoms with van der Waals surface area (Å²) in [6.07, 6.45) is 3.75. The van der Waals surface area contributed by atoms with Gasteiger partial charge in [-0.05, 0) is 44.9 Å². The largest absolute Gasteiger partial charge is 0.462 e. The summed E-state index contributed by atoms with van der Waals surface area (Å²) < 4.78 is 65.1. The number of benzene rings is 2. The van der Waals surface area contributed by atoms with Gasteiger partial charge in [0.1, 0.15) is 22.5 Å². The third-order valence-corrected chi connectivity index (χ3v) is 7.02. The van der Waals surface area contributed by atoms with Crippen molar-refractivity contribution >= 4 is 39.4 Å². The first-order valence-electron chi connectivity index (χ1n) is 12.9. The molecule has 1 N–H and O–H groups in total. The molecule has 41 heavy (non-hydrogen) atoms. The SMILES string of the molecule is CCOC(=O)c1cn(NC(=O)c2cn(CC)c3cc(N4CCCC4)c(F)cc3c2=O)c2c(F)c(F)c(F)cc2c1=O. The third kappa shape index (κ3) is 4.70. The predicted molar refractivity (Wildman–Crippen MR) is 143 cm³/mol. The van der Waals surface area contributed by atoms with Gasteiger partial charge in [0.25, 0.3) is 5.91 Å². The predicted octanol–water partition coefficient (Wildman–Crippen LogP) is 4.05. The maximum absolute atomic E-state index is 15.1. The summed E-state index contributed by atoms with van der Waals surface area (Å²) in [5, 5.41) is -0.843. The number of nitrogens with one attached hydrogen (secondary N) is 1. The molecule has 0 saturated carbocycles. The highest BCUT2D eigenvalue weighted by Crippen LogP contribution is 2.28. The molecule has 0 unspecified atom stereocenters. The molecule has 4 aromatic rings. The van der Waals surface area contributed by atoms with Crippen LogP contribution in [0.15, 0.2) is 40.2 Å². The number of esters is 1.